The van der Waals surface area contributed by atoms with Crippen LogP contribution in [0.25, 0.3) is 0 Å². The average Bonchev–Trinajstić information content (AvgIpc) is 2.06. The SMILES string of the molecule is CC(CN1CCOCC1)C(=O)O.[CsH]. The number of carboxylic acids is 1. The van der Waals surface area contributed by atoms with E-state index >= 15 is 0 Å². The van der Waals surface area contributed by atoms with Gasteiger partial charge in [0.15, 0.2) is 0 Å². The molecule has 1 atom stereocenters. The third kappa shape index (κ3) is 5.78. The van der Waals surface area contributed by atoms with E-state index in [4.69, 9.17) is 9.84 Å². The summed E-state index contributed by atoms with van der Waals surface area (Å²) in [5.74, 6) is -0.996. The molecule has 1 heterocycles. The summed E-state index contributed by atoms with van der Waals surface area (Å²) < 4.78 is 5.15. The van der Waals surface area contributed by atoms with Gasteiger partial charge in [-0.05, 0) is 0 Å². The second-order valence-corrected chi connectivity index (χ2v) is 3.15. The van der Waals surface area contributed by atoms with Crippen molar-refractivity contribution in [3.63, 3.8) is 0 Å². The predicted molar refractivity (Wildman–Crippen MR) is 51.2 cm³/mol. The summed E-state index contributed by atoms with van der Waals surface area (Å²) in [4.78, 5) is 12.6. The minimum atomic E-state index is -0.721. The Hall–Kier alpha value is 1.44. The first-order valence-electron chi connectivity index (χ1n) is 4.23. The quantitative estimate of drug-likeness (QED) is 0.756. The monoisotopic (exact) mass is 307 g/mol. The van der Waals surface area contributed by atoms with Gasteiger partial charge in [-0.25, -0.2) is 0 Å². The molecule has 1 aliphatic rings. The second kappa shape index (κ2) is 7.70. The fraction of sp³-hybridized carbons (Fsp3) is 0.875. The number of rotatable bonds is 3. The first-order chi connectivity index (χ1) is 5.70. The molecule has 0 bridgehead atoms. The van der Waals surface area contributed by atoms with Gasteiger partial charge in [-0.2, -0.15) is 0 Å². The Morgan fingerprint density at radius 1 is 1.54 bits per heavy atom. The Balaban J connectivity index is 0.00000144. The van der Waals surface area contributed by atoms with Gasteiger partial charge in [-0.15, -0.1) is 0 Å². The molecule has 13 heavy (non-hydrogen) atoms. The molecule has 1 fully saturated rings. The molecule has 72 valence electrons. The van der Waals surface area contributed by atoms with E-state index < -0.39 is 5.97 Å². The van der Waals surface area contributed by atoms with Crippen molar-refractivity contribution in [1.82, 2.24) is 4.90 Å². The van der Waals surface area contributed by atoms with E-state index in [0.717, 1.165) is 26.3 Å². The summed E-state index contributed by atoms with van der Waals surface area (Å²) in [6.07, 6.45) is 0. The van der Waals surface area contributed by atoms with Gasteiger partial charge in [0, 0.05) is 19.6 Å². The number of hydrogen-bond acceptors (Lipinski definition) is 3. The van der Waals surface area contributed by atoms with Crippen LogP contribution in [0.3, 0.4) is 0 Å². The number of morpholine rings is 1. The summed E-state index contributed by atoms with van der Waals surface area (Å²) in [7, 11) is 0. The van der Waals surface area contributed by atoms with E-state index in [1.165, 1.54) is 0 Å². The van der Waals surface area contributed by atoms with Crippen molar-refractivity contribution in [2.24, 2.45) is 5.92 Å². The van der Waals surface area contributed by atoms with Gasteiger partial charge in [0.2, 0.25) is 0 Å². The molecular formula is C8H16CsNO3. The van der Waals surface area contributed by atoms with E-state index in [0.29, 0.717) is 6.54 Å². The van der Waals surface area contributed by atoms with Crippen LogP contribution in [-0.4, -0.2) is 118 Å². The van der Waals surface area contributed by atoms with Gasteiger partial charge in [0.25, 0.3) is 0 Å². The zero-order chi connectivity index (χ0) is 8.97. The summed E-state index contributed by atoms with van der Waals surface area (Å²) in [6, 6.07) is 0. The van der Waals surface area contributed by atoms with Crippen LogP contribution in [0.1, 0.15) is 6.92 Å². The molecule has 1 rings (SSSR count). The summed E-state index contributed by atoms with van der Waals surface area (Å²) in [6.45, 7) is 5.55. The number of nitrogens with zero attached hydrogens (tertiary/aromatic N) is 1. The standard InChI is InChI=1S/C8H15NO3.Cs.H/c1-7(8(10)11)6-9-2-4-12-5-3-9;;/h7H,2-6H2,1H3,(H,10,11);;. The van der Waals surface area contributed by atoms with Crippen LogP contribution in [0, 0.1) is 5.92 Å². The molecule has 1 N–H and O–H groups in total. The van der Waals surface area contributed by atoms with Crippen LogP contribution in [0.4, 0.5) is 0 Å². The molecule has 0 amide bonds. The van der Waals surface area contributed by atoms with Crippen LogP contribution in [0.2, 0.25) is 0 Å². The minimum absolute atomic E-state index is 0. The Labute approximate surface area is 137 Å². The normalized spacial score (nSPS) is 20.4. The van der Waals surface area contributed by atoms with Gasteiger partial charge < -0.3 is 9.84 Å². The van der Waals surface area contributed by atoms with Gasteiger partial charge >= 0.3 is 74.9 Å². The van der Waals surface area contributed by atoms with Gasteiger partial charge in [0.05, 0.1) is 19.1 Å². The van der Waals surface area contributed by atoms with E-state index in [1.807, 2.05) is 0 Å². The molecule has 1 unspecified atom stereocenters. The van der Waals surface area contributed by atoms with Crippen molar-refractivity contribution in [2.45, 2.75) is 6.92 Å². The molecule has 0 aromatic heterocycles. The summed E-state index contributed by atoms with van der Waals surface area (Å²) in [5.41, 5.74) is 0. The fourth-order valence-corrected chi connectivity index (χ4v) is 1.25. The van der Waals surface area contributed by atoms with Gasteiger partial charge in [-0.1, -0.05) is 6.92 Å². The van der Waals surface area contributed by atoms with Crippen LogP contribution < -0.4 is 0 Å². The van der Waals surface area contributed by atoms with Crippen molar-refractivity contribution in [3.05, 3.63) is 0 Å². The van der Waals surface area contributed by atoms with Crippen molar-refractivity contribution < 1.29 is 14.6 Å². The molecule has 0 aromatic carbocycles. The topological polar surface area (TPSA) is 49.8 Å². The molecule has 0 saturated carbocycles. The maximum absolute atomic E-state index is 10.5. The summed E-state index contributed by atoms with van der Waals surface area (Å²) >= 11 is 0. The third-order valence-electron chi connectivity index (χ3n) is 2.06. The first kappa shape index (κ1) is 14.4. The van der Waals surface area contributed by atoms with Crippen LogP contribution in [0.5, 0.6) is 0 Å². The van der Waals surface area contributed by atoms with E-state index in [2.05, 4.69) is 4.90 Å². The third-order valence-corrected chi connectivity index (χ3v) is 2.06. The molecule has 0 spiro atoms. The Morgan fingerprint density at radius 2 is 2.08 bits per heavy atom. The molecular weight excluding hydrogens is 291 g/mol. The zero-order valence-electron chi connectivity index (χ0n) is 7.32. The van der Waals surface area contributed by atoms with E-state index in [1.54, 1.807) is 6.92 Å². The molecule has 5 heteroatoms. The van der Waals surface area contributed by atoms with Crippen LogP contribution in [-0.2, 0) is 9.53 Å². The Morgan fingerprint density at radius 3 is 2.54 bits per heavy atom. The van der Waals surface area contributed by atoms with Crippen LogP contribution >= 0.6 is 0 Å². The zero-order valence-corrected chi connectivity index (χ0v) is 7.32. The molecule has 0 aromatic rings. The van der Waals surface area contributed by atoms with E-state index in [9.17, 15) is 4.79 Å². The van der Waals surface area contributed by atoms with Crippen LogP contribution in [0.15, 0.2) is 0 Å². The number of carbonyl (C=O) groups is 1. The van der Waals surface area contributed by atoms with Crippen molar-refractivity contribution in [2.75, 3.05) is 32.8 Å². The van der Waals surface area contributed by atoms with E-state index in [-0.39, 0.29) is 74.8 Å². The molecule has 0 aliphatic carbocycles. The first-order valence-corrected chi connectivity index (χ1v) is 4.23. The number of ether oxygens (including phenoxy) is 1. The average molecular weight is 307 g/mol. The summed E-state index contributed by atoms with van der Waals surface area (Å²) in [5, 5.41) is 8.65. The predicted octanol–water partition coefficient (Wildman–Crippen LogP) is -0.609. The van der Waals surface area contributed by atoms with Gasteiger partial charge in [0.1, 0.15) is 0 Å². The van der Waals surface area contributed by atoms with Crippen molar-refractivity contribution in [3.8, 4) is 0 Å². The molecule has 1 aliphatic heterocycles. The second-order valence-electron chi connectivity index (χ2n) is 3.15. The fourth-order valence-electron chi connectivity index (χ4n) is 1.25. The molecule has 0 radical (unpaired) electrons. The van der Waals surface area contributed by atoms with Gasteiger partial charge in [-0.3, -0.25) is 9.69 Å². The maximum atomic E-state index is 10.5. The number of aliphatic carboxylic acids is 1. The number of carboxylic acid groups (broad SMARTS) is 1. The van der Waals surface area contributed by atoms with Crippen molar-refractivity contribution >= 4 is 74.9 Å². The Bertz CT molecular complexity index is 159. The Kier molecular flexibility index (Phi) is 8.55. The number of hydrogen-bond donors (Lipinski definition) is 1. The molecule has 1 saturated heterocycles. The van der Waals surface area contributed by atoms with Crippen molar-refractivity contribution in [1.29, 1.82) is 0 Å². The molecule has 4 nitrogen and oxygen atoms in total.